The molecule has 0 aliphatic rings. The van der Waals surface area contributed by atoms with E-state index in [2.05, 4.69) is 43.4 Å². The molecule has 0 aliphatic carbocycles. The summed E-state index contributed by atoms with van der Waals surface area (Å²) < 4.78 is 3.01. The van der Waals surface area contributed by atoms with Crippen molar-refractivity contribution < 1.29 is 9.59 Å². The number of nitrogens with zero attached hydrogens (tertiary/aromatic N) is 3. The predicted octanol–water partition coefficient (Wildman–Crippen LogP) is 6.05. The van der Waals surface area contributed by atoms with Crippen LogP contribution in [0.3, 0.4) is 0 Å². The lowest BCUT2D eigenvalue weighted by Gasteiger charge is -2.16. The predicted molar refractivity (Wildman–Crippen MR) is 146 cm³/mol. The van der Waals surface area contributed by atoms with E-state index in [0.717, 1.165) is 20.4 Å². The van der Waals surface area contributed by atoms with Crippen LogP contribution in [0, 0.1) is 17.4 Å². The van der Waals surface area contributed by atoms with Crippen LogP contribution in [0.25, 0.3) is 0 Å². The summed E-state index contributed by atoms with van der Waals surface area (Å²) in [7, 11) is 0. The molecule has 0 radical (unpaired) electrons. The van der Waals surface area contributed by atoms with Gasteiger partial charge in [-0.1, -0.05) is 35.0 Å². The molecule has 1 aromatic heterocycles. The van der Waals surface area contributed by atoms with Gasteiger partial charge in [-0.15, -0.1) is 10.2 Å². The van der Waals surface area contributed by atoms with E-state index in [9.17, 15) is 9.59 Å². The third-order valence-electron chi connectivity index (χ3n) is 5.07. The van der Waals surface area contributed by atoms with Crippen LogP contribution in [-0.4, -0.2) is 32.3 Å². The summed E-state index contributed by atoms with van der Waals surface area (Å²) in [5, 5.41) is 15.7. The number of aromatic nitrogens is 3. The molecule has 0 saturated heterocycles. The molecule has 0 bridgehead atoms. The van der Waals surface area contributed by atoms with Crippen molar-refractivity contribution in [1.29, 1.82) is 0 Å². The average molecular weight is 632 g/mol. The summed E-state index contributed by atoms with van der Waals surface area (Å²) in [6, 6.07) is 8.35. The lowest BCUT2D eigenvalue weighted by atomic mass is 10.1. The summed E-state index contributed by atoms with van der Waals surface area (Å²) in [6.45, 7) is 8.32. The summed E-state index contributed by atoms with van der Waals surface area (Å²) >= 11 is 15.6. The van der Waals surface area contributed by atoms with Crippen LogP contribution < -0.4 is 10.6 Å². The van der Waals surface area contributed by atoms with Crippen molar-refractivity contribution in [1.82, 2.24) is 20.1 Å². The van der Waals surface area contributed by atoms with E-state index < -0.39 is 6.04 Å². The summed E-state index contributed by atoms with van der Waals surface area (Å²) in [5.41, 5.74) is 3.20. The second-order valence-electron chi connectivity index (χ2n) is 7.66. The van der Waals surface area contributed by atoms with Crippen LogP contribution in [0.2, 0.25) is 10.0 Å². The Labute approximate surface area is 226 Å². The number of halogens is 3. The van der Waals surface area contributed by atoms with E-state index in [1.165, 1.54) is 17.8 Å². The van der Waals surface area contributed by atoms with Crippen molar-refractivity contribution in [3.63, 3.8) is 0 Å². The van der Waals surface area contributed by atoms with Gasteiger partial charge < -0.3 is 15.2 Å². The van der Waals surface area contributed by atoms with Gasteiger partial charge in [-0.05, 0) is 91.7 Å². The molecule has 34 heavy (non-hydrogen) atoms. The standard InChI is InChI=1S/C23H24Cl2IN5O2S/c1-5-31-21(14(4)27-22(33)17-7-6-15(24)10-18(17)25)29-30-23(31)34-11-19(32)28-20-12(2)8-16(26)9-13(20)3/h6-10,14H,5,11H2,1-4H3,(H,27,33)(H,28,32)/t14-/m0/s1. The van der Waals surface area contributed by atoms with E-state index in [0.29, 0.717) is 28.1 Å². The molecular weight excluding hydrogens is 608 g/mol. The van der Waals surface area contributed by atoms with Gasteiger partial charge in [0.15, 0.2) is 11.0 Å². The topological polar surface area (TPSA) is 88.9 Å². The number of aryl methyl sites for hydroxylation is 2. The second-order valence-corrected chi connectivity index (χ2v) is 10.7. The molecule has 1 atom stereocenters. The summed E-state index contributed by atoms with van der Waals surface area (Å²) in [5.74, 6) is 0.317. The van der Waals surface area contributed by atoms with Crippen LogP contribution in [0.15, 0.2) is 35.5 Å². The molecule has 11 heteroatoms. The highest BCUT2D eigenvalue weighted by molar-refractivity contribution is 14.1. The first-order chi connectivity index (χ1) is 16.1. The van der Waals surface area contributed by atoms with E-state index >= 15 is 0 Å². The highest BCUT2D eigenvalue weighted by atomic mass is 127. The largest absolute Gasteiger partial charge is 0.342 e. The maximum Gasteiger partial charge on any atom is 0.253 e. The molecule has 2 amide bonds. The van der Waals surface area contributed by atoms with E-state index in [1.807, 2.05) is 44.4 Å². The monoisotopic (exact) mass is 631 g/mol. The number of anilines is 1. The van der Waals surface area contributed by atoms with Gasteiger partial charge in [0.05, 0.1) is 22.4 Å². The fraction of sp³-hybridized carbons (Fsp3) is 0.304. The molecule has 2 N–H and O–H groups in total. The minimum absolute atomic E-state index is 0.122. The second kappa shape index (κ2) is 11.7. The number of hydrogen-bond acceptors (Lipinski definition) is 5. The molecule has 0 saturated carbocycles. The third-order valence-corrected chi connectivity index (χ3v) is 7.20. The molecule has 3 rings (SSSR count). The van der Waals surface area contributed by atoms with Crippen LogP contribution in [0.5, 0.6) is 0 Å². The van der Waals surface area contributed by atoms with E-state index in [-0.39, 0.29) is 22.6 Å². The van der Waals surface area contributed by atoms with Gasteiger partial charge in [0.2, 0.25) is 5.91 Å². The minimum atomic E-state index is -0.424. The van der Waals surface area contributed by atoms with Crippen molar-refractivity contribution in [2.24, 2.45) is 0 Å². The Balaban J connectivity index is 1.66. The Bertz CT molecular complexity index is 1210. The van der Waals surface area contributed by atoms with Crippen LogP contribution in [0.4, 0.5) is 5.69 Å². The summed E-state index contributed by atoms with van der Waals surface area (Å²) in [6.07, 6.45) is 0. The quantitative estimate of drug-likeness (QED) is 0.233. The zero-order valence-corrected chi connectivity index (χ0v) is 23.6. The molecule has 0 unspecified atom stereocenters. The molecular formula is C23H24Cl2IN5O2S. The summed E-state index contributed by atoms with van der Waals surface area (Å²) in [4.78, 5) is 25.3. The highest BCUT2D eigenvalue weighted by Crippen LogP contribution is 2.26. The van der Waals surface area contributed by atoms with Crippen LogP contribution in [0.1, 0.15) is 47.2 Å². The lowest BCUT2D eigenvalue weighted by molar-refractivity contribution is -0.113. The number of hydrogen-bond donors (Lipinski definition) is 2. The highest BCUT2D eigenvalue weighted by Gasteiger charge is 2.21. The van der Waals surface area contributed by atoms with Crippen molar-refractivity contribution in [2.45, 2.75) is 45.4 Å². The van der Waals surface area contributed by atoms with Gasteiger partial charge in [0.1, 0.15) is 0 Å². The smallest absolute Gasteiger partial charge is 0.253 e. The number of benzene rings is 2. The molecule has 0 aliphatic heterocycles. The maximum atomic E-state index is 12.7. The van der Waals surface area contributed by atoms with Crippen molar-refractivity contribution in [2.75, 3.05) is 11.1 Å². The third kappa shape index (κ3) is 6.44. The van der Waals surface area contributed by atoms with Gasteiger partial charge in [0.25, 0.3) is 5.91 Å². The van der Waals surface area contributed by atoms with Gasteiger partial charge in [-0.25, -0.2) is 0 Å². The number of nitrogens with one attached hydrogen (secondary N) is 2. The zero-order valence-electron chi connectivity index (χ0n) is 19.1. The molecule has 1 heterocycles. The lowest BCUT2D eigenvalue weighted by Crippen LogP contribution is -2.29. The Kier molecular flexibility index (Phi) is 9.25. The molecule has 180 valence electrons. The van der Waals surface area contributed by atoms with Crippen molar-refractivity contribution in [3.05, 3.63) is 66.5 Å². The molecule has 2 aromatic carbocycles. The van der Waals surface area contributed by atoms with Gasteiger partial charge >= 0.3 is 0 Å². The molecule has 0 spiro atoms. The molecule has 3 aromatic rings. The first-order valence-electron chi connectivity index (χ1n) is 10.5. The number of carbonyl (C=O) groups excluding carboxylic acids is 2. The van der Waals surface area contributed by atoms with E-state index in [4.69, 9.17) is 23.2 Å². The number of carbonyl (C=O) groups is 2. The maximum absolute atomic E-state index is 12.7. The zero-order chi connectivity index (χ0) is 25.0. The fourth-order valence-electron chi connectivity index (χ4n) is 3.45. The van der Waals surface area contributed by atoms with Gasteiger partial charge in [-0.3, -0.25) is 9.59 Å². The SMILES string of the molecule is CCn1c(SCC(=O)Nc2c(C)cc(I)cc2C)nnc1[C@H](C)NC(=O)c1ccc(Cl)cc1Cl. The number of amides is 2. The Morgan fingerprint density at radius 2 is 1.82 bits per heavy atom. The molecule has 7 nitrogen and oxygen atoms in total. The number of rotatable bonds is 8. The normalized spacial score (nSPS) is 11.9. The average Bonchev–Trinajstić information content (AvgIpc) is 3.17. The van der Waals surface area contributed by atoms with Gasteiger partial charge in [-0.2, -0.15) is 0 Å². The number of thioether (sulfide) groups is 1. The van der Waals surface area contributed by atoms with Crippen molar-refractivity contribution in [3.8, 4) is 0 Å². The van der Waals surface area contributed by atoms with E-state index in [1.54, 1.807) is 12.1 Å². The van der Waals surface area contributed by atoms with Gasteiger partial charge in [0, 0.05) is 20.8 Å². The Morgan fingerprint density at radius 3 is 2.44 bits per heavy atom. The first kappa shape index (κ1) is 26.8. The first-order valence-corrected chi connectivity index (χ1v) is 13.3. The Morgan fingerprint density at radius 1 is 1.15 bits per heavy atom. The molecule has 0 fully saturated rings. The Hall–Kier alpha value is -1.82. The van der Waals surface area contributed by atoms with Crippen LogP contribution >= 0.6 is 57.6 Å². The fourth-order valence-corrected chi connectivity index (χ4v) is 5.69. The van der Waals surface area contributed by atoms with Crippen LogP contribution in [-0.2, 0) is 11.3 Å². The minimum Gasteiger partial charge on any atom is -0.342 e. The van der Waals surface area contributed by atoms with Crippen molar-refractivity contribution >= 4 is 75.1 Å².